The molecule has 2 heterocycles. The van der Waals surface area contributed by atoms with E-state index in [9.17, 15) is 4.79 Å². The number of ketones is 1. The van der Waals surface area contributed by atoms with Crippen molar-refractivity contribution in [3.63, 3.8) is 0 Å². The second-order valence-electron chi connectivity index (χ2n) is 5.05. The number of Topliss-reactive ketones (excluding diaryl/α,β-unsaturated/α-hetero) is 1. The number of hydrogen-bond acceptors (Lipinski definition) is 5. The minimum atomic E-state index is 0.141. The van der Waals surface area contributed by atoms with Gasteiger partial charge in [-0.05, 0) is 25.0 Å². The highest BCUT2D eigenvalue weighted by Crippen LogP contribution is 2.42. The lowest BCUT2D eigenvalue weighted by molar-refractivity contribution is 0.0968. The largest absolute Gasteiger partial charge is 0.486 e. The molecule has 0 atom stereocenters. The van der Waals surface area contributed by atoms with Crippen LogP contribution in [0.5, 0.6) is 11.5 Å². The third-order valence-electron chi connectivity index (χ3n) is 3.61. The monoisotopic (exact) mass is 321 g/mol. The Labute approximate surface area is 130 Å². The van der Waals surface area contributed by atoms with Gasteiger partial charge in [-0.25, -0.2) is 4.98 Å². The summed E-state index contributed by atoms with van der Waals surface area (Å²) in [5, 5.41) is 1.33. The number of carbonyl (C=O) groups is 1. The number of thiazole rings is 1. The fourth-order valence-corrected chi connectivity index (χ4v) is 4.00. The fourth-order valence-electron chi connectivity index (χ4n) is 2.62. The van der Waals surface area contributed by atoms with Gasteiger partial charge in [-0.1, -0.05) is 11.6 Å². The minimum absolute atomic E-state index is 0.141. The van der Waals surface area contributed by atoms with E-state index in [0.717, 1.165) is 28.3 Å². The van der Waals surface area contributed by atoms with Gasteiger partial charge in [0.1, 0.15) is 23.9 Å². The van der Waals surface area contributed by atoms with Gasteiger partial charge in [-0.15, -0.1) is 11.3 Å². The smallest absolute Gasteiger partial charge is 0.182 e. The molecule has 4 rings (SSSR count). The molecule has 0 unspecified atom stereocenters. The Morgan fingerprint density at radius 3 is 2.90 bits per heavy atom. The Kier molecular flexibility index (Phi) is 3.12. The van der Waals surface area contributed by atoms with Gasteiger partial charge < -0.3 is 9.47 Å². The van der Waals surface area contributed by atoms with Crippen molar-refractivity contribution in [2.75, 3.05) is 13.2 Å². The third kappa shape index (κ3) is 2.21. The molecule has 0 bridgehead atoms. The van der Waals surface area contributed by atoms with E-state index in [1.165, 1.54) is 0 Å². The van der Waals surface area contributed by atoms with Crippen LogP contribution in [0.1, 0.15) is 28.2 Å². The second-order valence-corrected chi connectivity index (χ2v) is 6.54. The highest BCUT2D eigenvalue weighted by molar-refractivity contribution is 7.15. The molecule has 2 aliphatic rings. The molecule has 21 heavy (non-hydrogen) atoms. The number of ether oxygens (including phenoxy) is 2. The number of aromatic nitrogens is 1. The fraction of sp³-hybridized carbons (Fsp3) is 0.333. The summed E-state index contributed by atoms with van der Waals surface area (Å²) in [6.45, 7) is 1.02. The molecule has 108 valence electrons. The first kappa shape index (κ1) is 13.1. The van der Waals surface area contributed by atoms with Crippen LogP contribution in [0, 0.1) is 0 Å². The molecule has 0 fully saturated rings. The van der Waals surface area contributed by atoms with Crippen molar-refractivity contribution in [2.45, 2.75) is 19.3 Å². The molecular weight excluding hydrogens is 310 g/mol. The molecule has 2 aromatic rings. The molecule has 0 N–H and O–H groups in total. The molecule has 0 saturated heterocycles. The van der Waals surface area contributed by atoms with Crippen molar-refractivity contribution >= 4 is 28.7 Å². The van der Waals surface area contributed by atoms with Crippen molar-refractivity contribution < 1.29 is 14.3 Å². The molecule has 1 aromatic carbocycles. The van der Waals surface area contributed by atoms with Crippen LogP contribution >= 0.6 is 22.9 Å². The molecule has 1 aliphatic carbocycles. The van der Waals surface area contributed by atoms with E-state index in [0.29, 0.717) is 41.9 Å². The van der Waals surface area contributed by atoms with E-state index in [2.05, 4.69) is 4.98 Å². The summed E-state index contributed by atoms with van der Waals surface area (Å²) in [5.74, 6) is 1.37. The summed E-state index contributed by atoms with van der Waals surface area (Å²) in [6, 6.07) is 3.71. The van der Waals surface area contributed by atoms with E-state index in [-0.39, 0.29) is 5.78 Å². The van der Waals surface area contributed by atoms with E-state index < -0.39 is 0 Å². The van der Waals surface area contributed by atoms with Gasteiger partial charge in [0.2, 0.25) is 0 Å². The highest BCUT2D eigenvalue weighted by Gasteiger charge is 2.24. The number of aryl methyl sites for hydroxylation is 1. The zero-order chi connectivity index (χ0) is 14.4. The average Bonchev–Trinajstić information content (AvgIpc) is 2.93. The molecule has 0 spiro atoms. The van der Waals surface area contributed by atoms with Gasteiger partial charge in [-0.2, -0.15) is 0 Å². The van der Waals surface area contributed by atoms with Crippen LogP contribution in [0.15, 0.2) is 12.1 Å². The molecule has 6 heteroatoms. The molecule has 0 saturated carbocycles. The Hall–Kier alpha value is -1.59. The van der Waals surface area contributed by atoms with E-state index >= 15 is 0 Å². The zero-order valence-corrected chi connectivity index (χ0v) is 12.7. The summed E-state index contributed by atoms with van der Waals surface area (Å²) in [6.07, 6.45) is 2.43. The van der Waals surface area contributed by atoms with Crippen LogP contribution in [-0.2, 0) is 6.42 Å². The first-order valence-electron chi connectivity index (χ1n) is 6.85. The highest BCUT2D eigenvalue weighted by atomic mass is 35.5. The van der Waals surface area contributed by atoms with Crippen molar-refractivity contribution in [1.82, 2.24) is 4.98 Å². The topological polar surface area (TPSA) is 48.4 Å². The maximum Gasteiger partial charge on any atom is 0.182 e. The molecule has 4 nitrogen and oxygen atoms in total. The van der Waals surface area contributed by atoms with Crippen LogP contribution in [-0.4, -0.2) is 24.0 Å². The van der Waals surface area contributed by atoms with Crippen molar-refractivity contribution in [1.29, 1.82) is 0 Å². The van der Waals surface area contributed by atoms with Crippen molar-refractivity contribution in [2.24, 2.45) is 0 Å². The lowest BCUT2D eigenvalue weighted by atomic mass is 10.0. The standard InChI is InChI=1S/C15H12ClNO3S/c16-9-6-8(7-11-14(9)20-5-4-19-11)15-17-13-10(18)2-1-3-12(13)21-15/h6-7H,1-5H2. The number of nitrogens with zero attached hydrogens (tertiary/aromatic N) is 1. The van der Waals surface area contributed by atoms with Crippen molar-refractivity contribution in [3.05, 3.63) is 27.7 Å². The number of halogens is 1. The lowest BCUT2D eigenvalue weighted by Gasteiger charge is -2.19. The molecule has 1 aliphatic heterocycles. The molecule has 0 radical (unpaired) electrons. The number of hydrogen-bond donors (Lipinski definition) is 0. The summed E-state index contributed by atoms with van der Waals surface area (Å²) in [7, 11) is 0. The minimum Gasteiger partial charge on any atom is -0.486 e. The van der Waals surface area contributed by atoms with Gasteiger partial charge in [0.05, 0.1) is 5.02 Å². The number of carbonyl (C=O) groups excluding carboxylic acids is 1. The van der Waals surface area contributed by atoms with Crippen LogP contribution in [0.25, 0.3) is 10.6 Å². The SMILES string of the molecule is O=C1CCCc2sc(-c3cc(Cl)c4c(c3)OCCO4)nc21. The van der Waals surface area contributed by atoms with E-state index in [1.54, 1.807) is 11.3 Å². The number of rotatable bonds is 1. The predicted molar refractivity (Wildman–Crippen MR) is 80.8 cm³/mol. The molecule has 0 amide bonds. The summed E-state index contributed by atoms with van der Waals surface area (Å²) >= 11 is 7.82. The maximum absolute atomic E-state index is 11.9. The maximum atomic E-state index is 11.9. The first-order valence-corrected chi connectivity index (χ1v) is 8.04. The second kappa shape index (κ2) is 5.00. The predicted octanol–water partition coefficient (Wildman–Crippen LogP) is 3.75. The Balaban J connectivity index is 1.80. The first-order chi connectivity index (χ1) is 10.2. The summed E-state index contributed by atoms with van der Waals surface area (Å²) < 4.78 is 11.1. The quantitative estimate of drug-likeness (QED) is 0.802. The van der Waals surface area contributed by atoms with Gasteiger partial charge in [-0.3, -0.25) is 4.79 Å². The molecule has 1 aromatic heterocycles. The normalized spacial score (nSPS) is 16.7. The number of fused-ring (bicyclic) bond motifs is 2. The summed E-state index contributed by atoms with van der Waals surface area (Å²) in [5.41, 5.74) is 1.50. The average molecular weight is 322 g/mol. The number of benzene rings is 1. The third-order valence-corrected chi connectivity index (χ3v) is 5.06. The van der Waals surface area contributed by atoms with Gasteiger partial charge in [0, 0.05) is 16.9 Å². The van der Waals surface area contributed by atoms with Gasteiger partial charge >= 0.3 is 0 Å². The summed E-state index contributed by atoms with van der Waals surface area (Å²) in [4.78, 5) is 17.5. The van der Waals surface area contributed by atoms with Crippen LogP contribution < -0.4 is 9.47 Å². The van der Waals surface area contributed by atoms with Crippen LogP contribution in [0.3, 0.4) is 0 Å². The van der Waals surface area contributed by atoms with Gasteiger partial charge in [0.25, 0.3) is 0 Å². The Morgan fingerprint density at radius 1 is 1.19 bits per heavy atom. The Morgan fingerprint density at radius 2 is 2.05 bits per heavy atom. The van der Waals surface area contributed by atoms with Gasteiger partial charge in [0.15, 0.2) is 17.3 Å². The lowest BCUT2D eigenvalue weighted by Crippen LogP contribution is -2.15. The van der Waals surface area contributed by atoms with Crippen molar-refractivity contribution in [3.8, 4) is 22.1 Å². The van der Waals surface area contributed by atoms with Crippen LogP contribution in [0.4, 0.5) is 0 Å². The van der Waals surface area contributed by atoms with E-state index in [1.807, 2.05) is 12.1 Å². The molecular formula is C15H12ClNO3S. The van der Waals surface area contributed by atoms with E-state index in [4.69, 9.17) is 21.1 Å². The van der Waals surface area contributed by atoms with Crippen LogP contribution in [0.2, 0.25) is 5.02 Å². The zero-order valence-electron chi connectivity index (χ0n) is 11.1. The Bertz CT molecular complexity index is 741.